The Kier molecular flexibility index (Phi) is 5.96. The number of ether oxygens (including phenoxy) is 2. The first-order chi connectivity index (χ1) is 10.9. The molecule has 2 aromatic rings. The van der Waals surface area contributed by atoms with E-state index in [2.05, 4.69) is 31.9 Å². The molecule has 120 valence electrons. The summed E-state index contributed by atoms with van der Waals surface area (Å²) in [5.74, 6) is 0.313. The minimum Gasteiger partial charge on any atom is -0.490 e. The van der Waals surface area contributed by atoms with E-state index in [-0.39, 0.29) is 11.9 Å². The molecule has 0 fully saturated rings. The van der Waals surface area contributed by atoms with Gasteiger partial charge in [-0.2, -0.15) is 0 Å². The predicted molar refractivity (Wildman–Crippen MR) is 94.4 cm³/mol. The maximum atomic E-state index is 12.2. The van der Waals surface area contributed by atoms with E-state index >= 15 is 0 Å². The lowest BCUT2D eigenvalue weighted by molar-refractivity contribution is 0.0733. The molecule has 6 heteroatoms. The van der Waals surface area contributed by atoms with Crippen LogP contribution in [0.1, 0.15) is 34.6 Å². The monoisotopic (exact) mass is 440 g/mol. The fourth-order valence-corrected chi connectivity index (χ4v) is 2.69. The highest BCUT2D eigenvalue weighted by atomic mass is 79.9. The molecule has 0 spiro atoms. The highest BCUT2D eigenvalue weighted by Crippen LogP contribution is 2.28. The molecule has 0 atom stereocenters. The van der Waals surface area contributed by atoms with E-state index in [1.807, 2.05) is 13.8 Å². The van der Waals surface area contributed by atoms with Gasteiger partial charge in [0.15, 0.2) is 6.29 Å². The Morgan fingerprint density at radius 3 is 2.39 bits per heavy atom. The molecular weight excluding hydrogens is 428 g/mol. The summed E-state index contributed by atoms with van der Waals surface area (Å²) in [6.07, 6.45) is 0.671. The van der Waals surface area contributed by atoms with Gasteiger partial charge in [0.1, 0.15) is 11.5 Å². The minimum absolute atomic E-state index is 0.0296. The van der Waals surface area contributed by atoms with E-state index in [9.17, 15) is 9.59 Å². The van der Waals surface area contributed by atoms with Crippen LogP contribution in [0.25, 0.3) is 0 Å². The van der Waals surface area contributed by atoms with Crippen LogP contribution in [-0.2, 0) is 0 Å². The molecule has 23 heavy (non-hydrogen) atoms. The number of esters is 1. The summed E-state index contributed by atoms with van der Waals surface area (Å²) in [5, 5.41) is 0. The van der Waals surface area contributed by atoms with Crippen molar-refractivity contribution in [3.8, 4) is 11.5 Å². The number of rotatable bonds is 5. The van der Waals surface area contributed by atoms with Crippen molar-refractivity contribution in [2.45, 2.75) is 20.0 Å². The summed E-state index contributed by atoms with van der Waals surface area (Å²) >= 11 is 6.64. The van der Waals surface area contributed by atoms with Crippen molar-refractivity contribution >= 4 is 44.1 Å². The number of hydrogen-bond acceptors (Lipinski definition) is 4. The standard InChI is InChI=1S/C17H14Br2O4/c1-10(2)22-16-5-3-11(8-14(16)19)17(21)23-15-6-4-13(18)7-12(15)9-20/h3-10H,1-2H3. The summed E-state index contributed by atoms with van der Waals surface area (Å²) in [5.41, 5.74) is 0.652. The van der Waals surface area contributed by atoms with E-state index in [0.29, 0.717) is 27.6 Å². The fourth-order valence-electron chi connectivity index (χ4n) is 1.84. The third-order valence-electron chi connectivity index (χ3n) is 2.83. The average Bonchev–Trinajstić information content (AvgIpc) is 2.50. The molecule has 2 aromatic carbocycles. The maximum absolute atomic E-state index is 12.2. The highest BCUT2D eigenvalue weighted by Gasteiger charge is 2.14. The first-order valence-corrected chi connectivity index (χ1v) is 8.42. The smallest absolute Gasteiger partial charge is 0.343 e. The number of halogens is 2. The highest BCUT2D eigenvalue weighted by molar-refractivity contribution is 9.10. The van der Waals surface area contributed by atoms with Crippen LogP contribution in [0.5, 0.6) is 11.5 Å². The Bertz CT molecular complexity index is 741. The topological polar surface area (TPSA) is 52.6 Å². The normalized spacial score (nSPS) is 10.5. The SMILES string of the molecule is CC(C)Oc1ccc(C(=O)Oc2ccc(Br)cc2C=O)cc1Br. The Balaban J connectivity index is 2.21. The molecule has 4 nitrogen and oxygen atoms in total. The molecule has 0 N–H and O–H groups in total. The number of carbonyl (C=O) groups excluding carboxylic acids is 2. The van der Waals surface area contributed by atoms with Crippen molar-refractivity contribution < 1.29 is 19.1 Å². The zero-order valence-corrected chi connectivity index (χ0v) is 15.7. The van der Waals surface area contributed by atoms with Gasteiger partial charge >= 0.3 is 5.97 Å². The second-order valence-electron chi connectivity index (χ2n) is 5.00. The van der Waals surface area contributed by atoms with E-state index in [1.54, 1.807) is 36.4 Å². The lowest BCUT2D eigenvalue weighted by Gasteiger charge is -2.12. The van der Waals surface area contributed by atoms with Gasteiger partial charge in [0.25, 0.3) is 0 Å². The Hall–Kier alpha value is -1.66. The summed E-state index contributed by atoms with van der Waals surface area (Å²) < 4.78 is 12.3. The molecule has 0 amide bonds. The first kappa shape index (κ1) is 17.7. The number of hydrogen-bond donors (Lipinski definition) is 0. The van der Waals surface area contributed by atoms with Crippen LogP contribution in [0, 0.1) is 0 Å². The molecule has 0 aliphatic carbocycles. The third kappa shape index (κ3) is 4.65. The lowest BCUT2D eigenvalue weighted by Crippen LogP contribution is -2.11. The van der Waals surface area contributed by atoms with Crippen molar-refractivity contribution in [2.75, 3.05) is 0 Å². The molecular formula is C17H14Br2O4. The molecule has 0 radical (unpaired) electrons. The molecule has 0 aliphatic heterocycles. The van der Waals surface area contributed by atoms with Crippen molar-refractivity contribution in [1.29, 1.82) is 0 Å². The Morgan fingerprint density at radius 1 is 1.09 bits per heavy atom. The van der Waals surface area contributed by atoms with Gasteiger partial charge in [0.2, 0.25) is 0 Å². The first-order valence-electron chi connectivity index (χ1n) is 6.84. The second-order valence-corrected chi connectivity index (χ2v) is 6.77. The van der Waals surface area contributed by atoms with Crippen LogP contribution in [-0.4, -0.2) is 18.4 Å². The quantitative estimate of drug-likeness (QED) is 0.371. The van der Waals surface area contributed by atoms with Crippen LogP contribution in [0.15, 0.2) is 45.3 Å². The predicted octanol–water partition coefficient (Wildman–Crippen LogP) is 5.03. The zero-order valence-electron chi connectivity index (χ0n) is 12.5. The Morgan fingerprint density at radius 2 is 1.78 bits per heavy atom. The number of carbonyl (C=O) groups is 2. The molecule has 0 saturated carbocycles. The molecule has 2 rings (SSSR count). The van der Waals surface area contributed by atoms with Gasteiger partial charge in [-0.05, 0) is 66.2 Å². The van der Waals surface area contributed by atoms with E-state index in [0.717, 1.165) is 4.47 Å². The Labute approximate surface area is 151 Å². The van der Waals surface area contributed by atoms with Crippen LogP contribution in [0.2, 0.25) is 0 Å². The lowest BCUT2D eigenvalue weighted by atomic mass is 10.2. The summed E-state index contributed by atoms with van der Waals surface area (Å²) in [6, 6.07) is 9.79. The minimum atomic E-state index is -0.549. The van der Waals surface area contributed by atoms with E-state index in [4.69, 9.17) is 9.47 Å². The third-order valence-corrected chi connectivity index (χ3v) is 3.94. The fraction of sp³-hybridized carbons (Fsp3) is 0.176. The van der Waals surface area contributed by atoms with Crippen LogP contribution >= 0.6 is 31.9 Å². The van der Waals surface area contributed by atoms with Crippen molar-refractivity contribution in [3.63, 3.8) is 0 Å². The second kappa shape index (κ2) is 7.75. The summed E-state index contributed by atoms with van der Waals surface area (Å²) in [6.45, 7) is 3.84. The molecule has 0 heterocycles. The van der Waals surface area contributed by atoms with Gasteiger partial charge in [0.05, 0.1) is 21.7 Å². The molecule has 0 unspecified atom stereocenters. The zero-order chi connectivity index (χ0) is 17.0. The van der Waals surface area contributed by atoms with Crippen molar-refractivity contribution in [1.82, 2.24) is 0 Å². The van der Waals surface area contributed by atoms with Gasteiger partial charge in [-0.3, -0.25) is 4.79 Å². The number of benzene rings is 2. The molecule has 0 saturated heterocycles. The van der Waals surface area contributed by atoms with Gasteiger partial charge in [-0.1, -0.05) is 15.9 Å². The summed E-state index contributed by atoms with van der Waals surface area (Å²) in [4.78, 5) is 23.3. The van der Waals surface area contributed by atoms with E-state index in [1.165, 1.54) is 0 Å². The maximum Gasteiger partial charge on any atom is 0.343 e. The van der Waals surface area contributed by atoms with E-state index < -0.39 is 5.97 Å². The average molecular weight is 442 g/mol. The summed E-state index contributed by atoms with van der Waals surface area (Å²) in [7, 11) is 0. The van der Waals surface area contributed by atoms with Crippen LogP contribution < -0.4 is 9.47 Å². The van der Waals surface area contributed by atoms with Crippen LogP contribution in [0.3, 0.4) is 0 Å². The van der Waals surface area contributed by atoms with Crippen LogP contribution in [0.4, 0.5) is 0 Å². The molecule has 0 aromatic heterocycles. The van der Waals surface area contributed by atoms with Crippen molar-refractivity contribution in [3.05, 3.63) is 56.5 Å². The van der Waals surface area contributed by atoms with Gasteiger partial charge in [0, 0.05) is 4.47 Å². The van der Waals surface area contributed by atoms with Gasteiger partial charge in [-0.25, -0.2) is 4.79 Å². The largest absolute Gasteiger partial charge is 0.490 e. The van der Waals surface area contributed by atoms with Gasteiger partial charge in [-0.15, -0.1) is 0 Å². The van der Waals surface area contributed by atoms with Gasteiger partial charge < -0.3 is 9.47 Å². The number of aldehydes is 1. The molecule has 0 aliphatic rings. The molecule has 0 bridgehead atoms. The van der Waals surface area contributed by atoms with Crippen molar-refractivity contribution in [2.24, 2.45) is 0 Å².